The van der Waals surface area contributed by atoms with Crippen molar-refractivity contribution >= 4 is 11.8 Å². The highest BCUT2D eigenvalue weighted by molar-refractivity contribution is 5.88. The summed E-state index contributed by atoms with van der Waals surface area (Å²) in [5.41, 5.74) is 4.38. The monoisotopic (exact) mass is 514 g/mol. The zero-order valence-electron chi connectivity index (χ0n) is 23.7. The molecule has 1 atom stereocenters. The fraction of sp³-hybridized carbons (Fsp3) is 0.394. The second-order valence-corrected chi connectivity index (χ2v) is 11.2. The van der Waals surface area contributed by atoms with Crippen LogP contribution in [0.3, 0.4) is 0 Å². The van der Waals surface area contributed by atoms with Crippen molar-refractivity contribution in [2.24, 2.45) is 0 Å². The summed E-state index contributed by atoms with van der Waals surface area (Å²) in [4.78, 5) is 29.1. The summed E-state index contributed by atoms with van der Waals surface area (Å²) in [7, 11) is 1.63. The van der Waals surface area contributed by atoms with Gasteiger partial charge in [0.15, 0.2) is 0 Å². The van der Waals surface area contributed by atoms with Gasteiger partial charge in [0.2, 0.25) is 11.8 Å². The van der Waals surface area contributed by atoms with Gasteiger partial charge in [-0.05, 0) is 60.1 Å². The van der Waals surface area contributed by atoms with Crippen molar-refractivity contribution in [1.82, 2.24) is 10.2 Å². The number of nitrogens with one attached hydrogen (secondary N) is 1. The van der Waals surface area contributed by atoms with Crippen molar-refractivity contribution < 1.29 is 14.3 Å². The predicted molar refractivity (Wildman–Crippen MR) is 154 cm³/mol. The van der Waals surface area contributed by atoms with Crippen LogP contribution in [-0.2, 0) is 34.4 Å². The molecule has 202 valence electrons. The molecule has 5 heteroatoms. The molecule has 0 aliphatic rings. The number of ether oxygens (including phenoxy) is 1. The first-order valence-electron chi connectivity index (χ1n) is 13.4. The lowest BCUT2D eigenvalue weighted by molar-refractivity contribution is -0.141. The van der Waals surface area contributed by atoms with E-state index in [-0.39, 0.29) is 23.3 Å². The van der Waals surface area contributed by atoms with E-state index in [4.69, 9.17) is 4.74 Å². The number of benzene rings is 3. The maximum absolute atomic E-state index is 13.8. The molecular weight excluding hydrogens is 472 g/mol. The Labute approximate surface area is 228 Å². The Morgan fingerprint density at radius 2 is 1.53 bits per heavy atom. The molecule has 0 aliphatic heterocycles. The van der Waals surface area contributed by atoms with Gasteiger partial charge >= 0.3 is 0 Å². The van der Waals surface area contributed by atoms with E-state index in [1.165, 1.54) is 5.56 Å². The highest BCUT2D eigenvalue weighted by Gasteiger charge is 2.30. The molecule has 0 saturated heterocycles. The highest BCUT2D eigenvalue weighted by Crippen LogP contribution is 2.23. The van der Waals surface area contributed by atoms with E-state index in [2.05, 4.69) is 50.4 Å². The van der Waals surface area contributed by atoms with Crippen LogP contribution in [0.1, 0.15) is 63.3 Å². The third-order valence-electron chi connectivity index (χ3n) is 6.64. The number of rotatable bonds is 11. The van der Waals surface area contributed by atoms with Crippen LogP contribution in [0.15, 0.2) is 78.9 Å². The molecule has 5 nitrogen and oxygen atoms in total. The van der Waals surface area contributed by atoms with Crippen LogP contribution in [0.2, 0.25) is 0 Å². The fourth-order valence-corrected chi connectivity index (χ4v) is 4.47. The Hall–Kier alpha value is -3.60. The molecule has 0 radical (unpaired) electrons. The van der Waals surface area contributed by atoms with E-state index in [1.54, 1.807) is 12.0 Å². The molecule has 0 unspecified atom stereocenters. The number of hydrogen-bond acceptors (Lipinski definition) is 3. The molecule has 0 aromatic heterocycles. The first-order chi connectivity index (χ1) is 18.1. The van der Waals surface area contributed by atoms with Gasteiger partial charge in [-0.15, -0.1) is 0 Å². The third-order valence-corrected chi connectivity index (χ3v) is 6.64. The fourth-order valence-electron chi connectivity index (χ4n) is 4.47. The van der Waals surface area contributed by atoms with Gasteiger partial charge in [0.05, 0.1) is 7.11 Å². The van der Waals surface area contributed by atoms with E-state index < -0.39 is 6.04 Å². The van der Waals surface area contributed by atoms with Crippen molar-refractivity contribution in [3.8, 4) is 5.75 Å². The zero-order valence-corrected chi connectivity index (χ0v) is 23.7. The van der Waals surface area contributed by atoms with Crippen LogP contribution in [0.5, 0.6) is 5.75 Å². The summed E-state index contributed by atoms with van der Waals surface area (Å²) >= 11 is 0. The van der Waals surface area contributed by atoms with Crippen LogP contribution in [0.4, 0.5) is 0 Å². The smallest absolute Gasteiger partial charge is 0.243 e. The number of hydrogen-bond donors (Lipinski definition) is 1. The first kappa shape index (κ1) is 29.0. The molecule has 1 N–H and O–H groups in total. The number of amides is 2. The standard InChI is InChI=1S/C33H42N2O3/c1-24(2)34-32(37)30(22-26-11-8-7-9-12-26)35(23-27-13-10-14-29(21-27)38-6)31(36)20-17-25-15-18-28(19-16-25)33(3,4)5/h7-16,18-19,21,24,30H,17,20,22-23H2,1-6H3,(H,34,37)/t30-/m1/s1. The first-order valence-corrected chi connectivity index (χ1v) is 13.4. The minimum atomic E-state index is -0.637. The molecule has 3 aromatic carbocycles. The molecule has 3 rings (SSSR count). The van der Waals surface area contributed by atoms with E-state index >= 15 is 0 Å². The third kappa shape index (κ3) is 8.47. The lowest BCUT2D eigenvalue weighted by Crippen LogP contribution is -2.51. The zero-order chi connectivity index (χ0) is 27.7. The quantitative estimate of drug-likeness (QED) is 0.337. The average Bonchev–Trinajstić information content (AvgIpc) is 2.89. The van der Waals surface area contributed by atoms with Crippen molar-refractivity contribution in [2.75, 3.05) is 7.11 Å². The topological polar surface area (TPSA) is 58.6 Å². The molecule has 0 heterocycles. The van der Waals surface area contributed by atoms with Crippen molar-refractivity contribution in [1.29, 1.82) is 0 Å². The average molecular weight is 515 g/mol. The molecule has 0 fully saturated rings. The van der Waals surface area contributed by atoms with E-state index in [1.807, 2.05) is 68.4 Å². The van der Waals surface area contributed by atoms with Crippen LogP contribution in [0.25, 0.3) is 0 Å². The molecule has 38 heavy (non-hydrogen) atoms. The molecule has 0 bridgehead atoms. The number of aryl methyl sites for hydroxylation is 1. The second-order valence-electron chi connectivity index (χ2n) is 11.2. The van der Waals surface area contributed by atoms with Crippen LogP contribution >= 0.6 is 0 Å². The minimum absolute atomic E-state index is 0.0316. The summed E-state index contributed by atoms with van der Waals surface area (Å²) in [6.45, 7) is 10.8. The number of carbonyl (C=O) groups is 2. The molecular formula is C33H42N2O3. The molecule has 0 saturated carbocycles. The maximum atomic E-state index is 13.8. The van der Waals surface area contributed by atoms with Crippen LogP contribution in [0, 0.1) is 0 Å². The lowest BCUT2D eigenvalue weighted by atomic mass is 9.86. The summed E-state index contributed by atoms with van der Waals surface area (Å²) in [5, 5.41) is 3.04. The van der Waals surface area contributed by atoms with Crippen molar-refractivity contribution in [3.63, 3.8) is 0 Å². The summed E-state index contributed by atoms with van der Waals surface area (Å²) < 4.78 is 5.41. The summed E-state index contributed by atoms with van der Waals surface area (Å²) in [6.07, 6.45) is 1.37. The van der Waals surface area contributed by atoms with Gasteiger partial charge in [-0.1, -0.05) is 87.5 Å². The van der Waals surface area contributed by atoms with Gasteiger partial charge in [0.1, 0.15) is 11.8 Å². The Kier molecular flexibility index (Phi) is 10.1. The van der Waals surface area contributed by atoms with Gasteiger partial charge in [-0.25, -0.2) is 0 Å². The SMILES string of the molecule is COc1cccc(CN(C(=O)CCc2ccc(C(C)(C)C)cc2)[C@H](Cc2ccccc2)C(=O)NC(C)C)c1. The number of methoxy groups -OCH3 is 1. The Balaban J connectivity index is 1.89. The minimum Gasteiger partial charge on any atom is -0.497 e. The maximum Gasteiger partial charge on any atom is 0.243 e. The Bertz CT molecular complexity index is 1180. The van der Waals surface area contributed by atoms with Gasteiger partial charge in [0, 0.05) is 25.4 Å². The van der Waals surface area contributed by atoms with Gasteiger partial charge < -0.3 is 15.0 Å². The van der Waals surface area contributed by atoms with Crippen LogP contribution < -0.4 is 10.1 Å². The van der Waals surface area contributed by atoms with Crippen molar-refractivity contribution in [3.05, 3.63) is 101 Å². The predicted octanol–water partition coefficient (Wildman–Crippen LogP) is 6.09. The summed E-state index contributed by atoms with van der Waals surface area (Å²) in [5.74, 6) is 0.530. The lowest BCUT2D eigenvalue weighted by Gasteiger charge is -2.32. The largest absolute Gasteiger partial charge is 0.497 e. The normalized spacial score (nSPS) is 12.2. The van der Waals surface area contributed by atoms with Crippen LogP contribution in [-0.4, -0.2) is 35.9 Å². The van der Waals surface area contributed by atoms with Gasteiger partial charge in [0.25, 0.3) is 0 Å². The number of carbonyl (C=O) groups excluding carboxylic acids is 2. The van der Waals surface area contributed by atoms with Gasteiger partial charge in [-0.3, -0.25) is 9.59 Å². The second kappa shape index (κ2) is 13.3. The van der Waals surface area contributed by atoms with E-state index in [0.717, 1.165) is 22.4 Å². The molecule has 0 aliphatic carbocycles. The molecule has 0 spiro atoms. The molecule has 3 aromatic rings. The van der Waals surface area contributed by atoms with Crippen molar-refractivity contribution in [2.45, 2.75) is 77.9 Å². The summed E-state index contributed by atoms with van der Waals surface area (Å²) in [6, 6.07) is 25.4. The molecule has 2 amide bonds. The Morgan fingerprint density at radius 3 is 2.13 bits per heavy atom. The number of nitrogens with zero attached hydrogens (tertiary/aromatic N) is 1. The van der Waals surface area contributed by atoms with E-state index in [9.17, 15) is 9.59 Å². The highest BCUT2D eigenvalue weighted by atomic mass is 16.5. The Morgan fingerprint density at radius 1 is 0.868 bits per heavy atom. The van der Waals surface area contributed by atoms with Gasteiger partial charge in [-0.2, -0.15) is 0 Å². The van der Waals surface area contributed by atoms with E-state index in [0.29, 0.717) is 25.8 Å².